The highest BCUT2D eigenvalue weighted by atomic mass is 19.1. The predicted octanol–water partition coefficient (Wildman–Crippen LogP) is 4.12. The third-order valence-corrected chi connectivity index (χ3v) is 6.54. The van der Waals surface area contributed by atoms with Gasteiger partial charge in [0, 0.05) is 24.0 Å². The molecule has 0 N–H and O–H groups in total. The Kier molecular flexibility index (Phi) is 4.31. The molecule has 3 aromatic heterocycles. The van der Waals surface area contributed by atoms with Crippen LogP contribution in [0.1, 0.15) is 45.0 Å². The average Bonchev–Trinajstić information content (AvgIpc) is 3.34. The van der Waals surface area contributed by atoms with E-state index < -0.39 is 0 Å². The number of fused-ring (bicyclic) bond motifs is 3. The topological polar surface area (TPSA) is 77.5 Å². The van der Waals surface area contributed by atoms with Gasteiger partial charge in [-0.15, -0.1) is 10.2 Å². The molecular formula is C23H23FN8. The van der Waals surface area contributed by atoms with Gasteiger partial charge in [0.2, 0.25) is 5.95 Å². The largest absolute Gasteiger partial charge is 0.341 e. The van der Waals surface area contributed by atoms with Crippen LogP contribution >= 0.6 is 0 Å². The molecule has 32 heavy (non-hydrogen) atoms. The second-order valence-corrected chi connectivity index (χ2v) is 8.48. The van der Waals surface area contributed by atoms with Gasteiger partial charge in [0.05, 0.1) is 12.2 Å². The third kappa shape index (κ3) is 2.91. The number of halogens is 1. The van der Waals surface area contributed by atoms with Crippen LogP contribution in [0.2, 0.25) is 0 Å². The van der Waals surface area contributed by atoms with E-state index in [9.17, 15) is 4.39 Å². The fourth-order valence-corrected chi connectivity index (χ4v) is 4.70. The van der Waals surface area contributed by atoms with Gasteiger partial charge in [-0.1, -0.05) is 6.92 Å². The minimum atomic E-state index is -0.281. The summed E-state index contributed by atoms with van der Waals surface area (Å²) in [4.78, 5) is 16.6. The van der Waals surface area contributed by atoms with E-state index in [4.69, 9.17) is 4.98 Å². The second kappa shape index (κ2) is 7.22. The van der Waals surface area contributed by atoms with Gasteiger partial charge in [0.15, 0.2) is 11.6 Å². The molecule has 4 heterocycles. The van der Waals surface area contributed by atoms with Gasteiger partial charge >= 0.3 is 0 Å². The highest BCUT2D eigenvalue weighted by Crippen LogP contribution is 2.45. The van der Waals surface area contributed by atoms with Crippen molar-refractivity contribution in [3.8, 4) is 23.0 Å². The van der Waals surface area contributed by atoms with Crippen molar-refractivity contribution in [1.29, 1.82) is 0 Å². The van der Waals surface area contributed by atoms with Gasteiger partial charge in [0.1, 0.15) is 23.7 Å². The minimum Gasteiger partial charge on any atom is -0.341 e. The summed E-state index contributed by atoms with van der Waals surface area (Å²) in [5.41, 5.74) is 1.68. The lowest BCUT2D eigenvalue weighted by Gasteiger charge is -2.41. The number of nitrogens with zero attached hydrogens (tertiary/aromatic N) is 8. The normalized spacial score (nSPS) is 18.3. The first-order valence-electron chi connectivity index (χ1n) is 11.0. The summed E-state index contributed by atoms with van der Waals surface area (Å²) in [5, 5.41) is 8.60. The molecule has 0 amide bonds. The van der Waals surface area contributed by atoms with Crippen LogP contribution in [0.4, 0.5) is 10.2 Å². The predicted molar refractivity (Wildman–Crippen MR) is 117 cm³/mol. The fourth-order valence-electron chi connectivity index (χ4n) is 4.70. The Morgan fingerprint density at radius 1 is 1.12 bits per heavy atom. The summed E-state index contributed by atoms with van der Waals surface area (Å²) in [7, 11) is 0. The lowest BCUT2D eigenvalue weighted by atomic mass is 10.0. The van der Waals surface area contributed by atoms with Crippen molar-refractivity contribution in [2.24, 2.45) is 5.92 Å². The maximum absolute atomic E-state index is 13.4. The molecule has 6 rings (SSSR count). The summed E-state index contributed by atoms with van der Waals surface area (Å²) in [6, 6.07) is 6.73. The number of benzene rings is 1. The van der Waals surface area contributed by atoms with Crippen molar-refractivity contribution < 1.29 is 4.39 Å². The van der Waals surface area contributed by atoms with Crippen molar-refractivity contribution in [1.82, 2.24) is 34.3 Å². The zero-order chi connectivity index (χ0) is 21.8. The van der Waals surface area contributed by atoms with Crippen LogP contribution in [0, 0.1) is 11.7 Å². The van der Waals surface area contributed by atoms with E-state index >= 15 is 0 Å². The Bertz CT molecular complexity index is 1270. The number of hydrogen-bond acceptors (Lipinski definition) is 6. The monoisotopic (exact) mass is 430 g/mol. The second-order valence-electron chi connectivity index (χ2n) is 8.48. The van der Waals surface area contributed by atoms with Crippen molar-refractivity contribution in [2.75, 3.05) is 4.90 Å². The van der Waals surface area contributed by atoms with Crippen LogP contribution in [0.5, 0.6) is 0 Å². The van der Waals surface area contributed by atoms with E-state index in [0.717, 1.165) is 29.3 Å². The first-order valence-corrected chi connectivity index (χ1v) is 11.0. The molecule has 9 heteroatoms. The summed E-state index contributed by atoms with van der Waals surface area (Å²) >= 11 is 0. The first kappa shape index (κ1) is 19.1. The fraction of sp³-hybridized carbons (Fsp3) is 0.348. The van der Waals surface area contributed by atoms with E-state index in [-0.39, 0.29) is 11.9 Å². The quantitative estimate of drug-likeness (QED) is 0.474. The van der Waals surface area contributed by atoms with Crippen molar-refractivity contribution in [2.45, 2.75) is 45.2 Å². The van der Waals surface area contributed by atoms with Gasteiger partial charge in [-0.2, -0.15) is 4.98 Å². The molecule has 2 aliphatic rings. The van der Waals surface area contributed by atoms with Crippen LogP contribution in [0.25, 0.3) is 23.0 Å². The van der Waals surface area contributed by atoms with Crippen molar-refractivity contribution in [3.05, 3.63) is 60.8 Å². The molecule has 1 fully saturated rings. The number of anilines is 1. The van der Waals surface area contributed by atoms with Gasteiger partial charge in [0.25, 0.3) is 0 Å². The maximum atomic E-state index is 13.4. The van der Waals surface area contributed by atoms with E-state index in [2.05, 4.69) is 38.9 Å². The van der Waals surface area contributed by atoms with Gasteiger partial charge in [-0.3, -0.25) is 9.13 Å². The lowest BCUT2D eigenvalue weighted by Crippen LogP contribution is -2.43. The first-order chi connectivity index (χ1) is 15.7. The molecule has 0 spiro atoms. The zero-order valence-electron chi connectivity index (χ0n) is 17.9. The highest BCUT2D eigenvalue weighted by Gasteiger charge is 2.41. The number of hydrogen-bond donors (Lipinski definition) is 0. The summed E-state index contributed by atoms with van der Waals surface area (Å²) in [6.07, 6.45) is 10.5. The lowest BCUT2D eigenvalue weighted by molar-refractivity contribution is 0.454. The van der Waals surface area contributed by atoms with Crippen molar-refractivity contribution >= 4 is 5.82 Å². The SMILES string of the molecule is CC[C@@H]1c2nncn2-c2cnc(-n3ccnc3-c3ccc(F)cc3)nc2N1C(C)C1CC1. The van der Waals surface area contributed by atoms with Gasteiger partial charge < -0.3 is 4.90 Å². The number of rotatable bonds is 5. The standard InChI is InChI=1S/C23H23FN8/c1-3-18-22-29-27-13-31(22)19-12-26-23(28-21(19)32(18)14(2)15-4-5-15)30-11-10-25-20(30)16-6-8-17(24)9-7-16/h6-15,18H,3-5H2,1-2H3/t14?,18-/m1/s1. The molecule has 0 saturated heterocycles. The number of aromatic nitrogens is 7. The molecule has 162 valence electrons. The Morgan fingerprint density at radius 3 is 2.69 bits per heavy atom. The maximum Gasteiger partial charge on any atom is 0.237 e. The van der Waals surface area contributed by atoms with Crippen LogP contribution < -0.4 is 4.90 Å². The molecule has 1 unspecified atom stereocenters. The molecular weight excluding hydrogens is 407 g/mol. The Morgan fingerprint density at radius 2 is 1.94 bits per heavy atom. The molecule has 1 saturated carbocycles. The van der Waals surface area contributed by atoms with Crippen LogP contribution in [-0.2, 0) is 0 Å². The molecule has 1 aliphatic heterocycles. The van der Waals surface area contributed by atoms with Gasteiger partial charge in [-0.05, 0) is 56.4 Å². The molecule has 1 aliphatic carbocycles. The molecule has 4 aromatic rings. The Hall–Kier alpha value is -3.62. The Balaban J connectivity index is 1.50. The third-order valence-electron chi connectivity index (χ3n) is 6.54. The molecule has 8 nitrogen and oxygen atoms in total. The van der Waals surface area contributed by atoms with E-state index in [0.29, 0.717) is 23.7 Å². The summed E-state index contributed by atoms with van der Waals surface area (Å²) < 4.78 is 17.3. The van der Waals surface area contributed by atoms with Crippen molar-refractivity contribution in [3.63, 3.8) is 0 Å². The molecule has 0 radical (unpaired) electrons. The molecule has 1 aromatic carbocycles. The summed E-state index contributed by atoms with van der Waals surface area (Å²) in [6.45, 7) is 4.45. The molecule has 2 atom stereocenters. The zero-order valence-corrected chi connectivity index (χ0v) is 17.9. The van der Waals surface area contributed by atoms with Crippen LogP contribution in [-0.4, -0.2) is 40.3 Å². The van der Waals surface area contributed by atoms with E-state index in [1.807, 2.05) is 21.5 Å². The average molecular weight is 430 g/mol. The van der Waals surface area contributed by atoms with E-state index in [1.165, 1.54) is 25.0 Å². The summed E-state index contributed by atoms with van der Waals surface area (Å²) in [5.74, 6) is 3.38. The number of imidazole rings is 1. The minimum absolute atomic E-state index is 0.0997. The van der Waals surface area contributed by atoms with E-state index in [1.54, 1.807) is 24.7 Å². The van der Waals surface area contributed by atoms with Crippen LogP contribution in [0.3, 0.4) is 0 Å². The highest BCUT2D eigenvalue weighted by molar-refractivity contribution is 5.64. The molecule has 0 bridgehead atoms. The van der Waals surface area contributed by atoms with Crippen LogP contribution in [0.15, 0.2) is 49.2 Å². The smallest absolute Gasteiger partial charge is 0.237 e. The Labute approximate surface area is 184 Å². The van der Waals surface area contributed by atoms with Gasteiger partial charge in [-0.25, -0.2) is 14.4 Å².